The van der Waals surface area contributed by atoms with Gasteiger partial charge < -0.3 is 20.1 Å². The largest absolute Gasteiger partial charge is 0.357 e. The first-order valence-electron chi connectivity index (χ1n) is 10.1. The van der Waals surface area contributed by atoms with Crippen LogP contribution in [0.5, 0.6) is 0 Å². The summed E-state index contributed by atoms with van der Waals surface area (Å²) in [5.41, 5.74) is 2.42. The van der Waals surface area contributed by atoms with Gasteiger partial charge in [-0.25, -0.2) is 9.98 Å². The number of imidazole rings is 1. The summed E-state index contributed by atoms with van der Waals surface area (Å²) in [6, 6.07) is 8.52. The average molecular weight is 383 g/mol. The van der Waals surface area contributed by atoms with E-state index in [1.807, 2.05) is 17.4 Å². The number of likely N-dealkylation sites (tertiary alicyclic amines) is 1. The maximum Gasteiger partial charge on any atom is 0.222 e. The molecule has 1 aromatic carbocycles. The highest BCUT2D eigenvalue weighted by molar-refractivity contribution is 5.79. The van der Waals surface area contributed by atoms with Crippen molar-refractivity contribution in [3.63, 3.8) is 0 Å². The number of rotatable bonds is 9. The van der Waals surface area contributed by atoms with Gasteiger partial charge in [-0.05, 0) is 30.9 Å². The molecule has 0 atom stereocenters. The second kappa shape index (κ2) is 10.5. The minimum atomic E-state index is 0.289. The molecule has 150 valence electrons. The van der Waals surface area contributed by atoms with E-state index in [4.69, 9.17) is 0 Å². The molecule has 1 aliphatic rings. The van der Waals surface area contributed by atoms with E-state index in [9.17, 15) is 4.79 Å². The molecule has 2 N–H and O–H groups in total. The van der Waals surface area contributed by atoms with Gasteiger partial charge in [-0.3, -0.25) is 4.79 Å². The van der Waals surface area contributed by atoms with Gasteiger partial charge in [0.25, 0.3) is 0 Å². The predicted molar refractivity (Wildman–Crippen MR) is 111 cm³/mol. The third kappa shape index (κ3) is 6.11. The van der Waals surface area contributed by atoms with Crippen molar-refractivity contribution in [2.24, 2.45) is 4.99 Å². The van der Waals surface area contributed by atoms with E-state index in [1.54, 1.807) is 6.20 Å². The summed E-state index contributed by atoms with van der Waals surface area (Å²) in [6.07, 6.45) is 8.22. The standard InChI is InChI=1S/C21H30N6O/c1-2-23-21(24-10-4-13-27-12-3-5-20(27)28)25-15-18-6-8-19(9-7-18)16-26-14-11-22-17-26/h6-9,11,14,17H,2-5,10,12-13,15-16H2,1H3,(H2,23,24,25). The topological polar surface area (TPSA) is 74.6 Å². The number of carbonyl (C=O) groups is 1. The zero-order valence-corrected chi connectivity index (χ0v) is 16.6. The van der Waals surface area contributed by atoms with Crippen LogP contribution in [0.4, 0.5) is 0 Å². The number of carbonyl (C=O) groups excluding carboxylic acids is 1. The lowest BCUT2D eigenvalue weighted by atomic mass is 10.1. The fourth-order valence-corrected chi connectivity index (χ4v) is 3.27. The van der Waals surface area contributed by atoms with Crippen molar-refractivity contribution in [1.82, 2.24) is 25.1 Å². The molecule has 0 radical (unpaired) electrons. The summed E-state index contributed by atoms with van der Waals surface area (Å²) in [5, 5.41) is 6.64. The molecule has 7 nitrogen and oxygen atoms in total. The number of aromatic nitrogens is 2. The van der Waals surface area contributed by atoms with Crippen molar-refractivity contribution in [3.8, 4) is 0 Å². The number of benzene rings is 1. The number of aliphatic imine (C=N–C) groups is 1. The van der Waals surface area contributed by atoms with E-state index in [-0.39, 0.29) is 5.91 Å². The van der Waals surface area contributed by atoms with Crippen LogP contribution in [0, 0.1) is 0 Å². The molecule has 1 fully saturated rings. The lowest BCUT2D eigenvalue weighted by Gasteiger charge is -2.16. The lowest BCUT2D eigenvalue weighted by molar-refractivity contribution is -0.127. The van der Waals surface area contributed by atoms with Gasteiger partial charge in [0.15, 0.2) is 5.96 Å². The van der Waals surface area contributed by atoms with Crippen molar-refractivity contribution < 1.29 is 4.79 Å². The van der Waals surface area contributed by atoms with E-state index < -0.39 is 0 Å². The Balaban J connectivity index is 1.44. The summed E-state index contributed by atoms with van der Waals surface area (Å²) in [4.78, 5) is 22.3. The molecule has 0 spiro atoms. The third-order valence-corrected chi connectivity index (χ3v) is 4.78. The Kier molecular flexibility index (Phi) is 7.46. The molecule has 7 heteroatoms. The van der Waals surface area contributed by atoms with Crippen LogP contribution in [-0.2, 0) is 17.9 Å². The molecule has 0 aliphatic carbocycles. The Hall–Kier alpha value is -2.83. The molecular formula is C21H30N6O. The maximum absolute atomic E-state index is 11.6. The smallest absolute Gasteiger partial charge is 0.222 e. The van der Waals surface area contributed by atoms with E-state index >= 15 is 0 Å². The van der Waals surface area contributed by atoms with Crippen LogP contribution in [0.2, 0.25) is 0 Å². The molecule has 3 rings (SSSR count). The molecule has 1 aromatic heterocycles. The summed E-state index contributed by atoms with van der Waals surface area (Å²) in [5.74, 6) is 1.11. The van der Waals surface area contributed by atoms with Crippen LogP contribution in [0.3, 0.4) is 0 Å². The second-order valence-corrected chi connectivity index (χ2v) is 7.01. The molecule has 2 aromatic rings. The number of hydrogen-bond acceptors (Lipinski definition) is 3. The van der Waals surface area contributed by atoms with Crippen LogP contribution in [-0.4, -0.2) is 52.5 Å². The molecule has 0 unspecified atom stereocenters. The first-order chi connectivity index (χ1) is 13.7. The van der Waals surface area contributed by atoms with Crippen molar-refractivity contribution in [1.29, 1.82) is 0 Å². The Morgan fingerprint density at radius 1 is 1.21 bits per heavy atom. The van der Waals surface area contributed by atoms with Crippen LogP contribution in [0.25, 0.3) is 0 Å². The first-order valence-corrected chi connectivity index (χ1v) is 10.1. The van der Waals surface area contributed by atoms with E-state index in [0.29, 0.717) is 13.0 Å². The Labute approximate surface area is 166 Å². The molecular weight excluding hydrogens is 352 g/mol. The molecule has 1 amide bonds. The van der Waals surface area contributed by atoms with Gasteiger partial charge in [0.1, 0.15) is 0 Å². The average Bonchev–Trinajstić information content (AvgIpc) is 3.36. The van der Waals surface area contributed by atoms with Gasteiger partial charge in [0, 0.05) is 51.5 Å². The predicted octanol–water partition coefficient (Wildman–Crippen LogP) is 2.00. The molecule has 1 aliphatic heterocycles. The number of guanidine groups is 1. The first kappa shape index (κ1) is 19.9. The van der Waals surface area contributed by atoms with Gasteiger partial charge in [-0.1, -0.05) is 24.3 Å². The van der Waals surface area contributed by atoms with Gasteiger partial charge in [0.05, 0.1) is 12.9 Å². The minimum absolute atomic E-state index is 0.289. The van der Waals surface area contributed by atoms with Gasteiger partial charge in [-0.2, -0.15) is 0 Å². The quantitative estimate of drug-likeness (QED) is 0.395. The molecule has 2 heterocycles. The summed E-state index contributed by atoms with van der Waals surface area (Å²) in [6.45, 7) is 6.87. The summed E-state index contributed by atoms with van der Waals surface area (Å²) >= 11 is 0. The number of nitrogens with zero attached hydrogens (tertiary/aromatic N) is 4. The van der Waals surface area contributed by atoms with Crippen LogP contribution >= 0.6 is 0 Å². The zero-order chi connectivity index (χ0) is 19.6. The van der Waals surface area contributed by atoms with Gasteiger partial charge in [-0.15, -0.1) is 0 Å². The summed E-state index contributed by atoms with van der Waals surface area (Å²) in [7, 11) is 0. The van der Waals surface area contributed by atoms with Crippen LogP contribution in [0.1, 0.15) is 37.3 Å². The van der Waals surface area contributed by atoms with Gasteiger partial charge >= 0.3 is 0 Å². The van der Waals surface area contributed by atoms with Crippen molar-refractivity contribution in [3.05, 3.63) is 54.1 Å². The van der Waals surface area contributed by atoms with E-state index in [2.05, 4.69) is 56.4 Å². The van der Waals surface area contributed by atoms with Gasteiger partial charge in [0.2, 0.25) is 5.91 Å². The highest BCUT2D eigenvalue weighted by Crippen LogP contribution is 2.09. The molecule has 1 saturated heterocycles. The molecule has 0 bridgehead atoms. The van der Waals surface area contributed by atoms with E-state index in [0.717, 1.165) is 51.5 Å². The zero-order valence-electron chi connectivity index (χ0n) is 16.6. The summed E-state index contributed by atoms with van der Waals surface area (Å²) < 4.78 is 2.05. The fourth-order valence-electron chi connectivity index (χ4n) is 3.27. The Morgan fingerprint density at radius 3 is 2.71 bits per heavy atom. The Morgan fingerprint density at radius 2 is 2.04 bits per heavy atom. The van der Waals surface area contributed by atoms with Crippen LogP contribution < -0.4 is 10.6 Å². The number of hydrogen-bond donors (Lipinski definition) is 2. The van der Waals surface area contributed by atoms with E-state index in [1.165, 1.54) is 11.1 Å². The SMILES string of the molecule is CCNC(=NCc1ccc(Cn2ccnc2)cc1)NCCCN1CCCC1=O. The highest BCUT2D eigenvalue weighted by atomic mass is 16.2. The van der Waals surface area contributed by atoms with Crippen LogP contribution in [0.15, 0.2) is 48.0 Å². The Bertz CT molecular complexity index is 754. The minimum Gasteiger partial charge on any atom is -0.357 e. The van der Waals surface area contributed by atoms with Crippen molar-refractivity contribution in [2.45, 2.75) is 39.3 Å². The molecule has 0 saturated carbocycles. The fraction of sp³-hybridized carbons (Fsp3) is 0.476. The number of amides is 1. The van der Waals surface area contributed by atoms with Crippen molar-refractivity contribution in [2.75, 3.05) is 26.2 Å². The maximum atomic E-state index is 11.6. The molecule has 28 heavy (non-hydrogen) atoms. The highest BCUT2D eigenvalue weighted by Gasteiger charge is 2.18. The second-order valence-electron chi connectivity index (χ2n) is 7.01. The normalized spacial score (nSPS) is 14.5. The number of nitrogens with one attached hydrogen (secondary N) is 2. The lowest BCUT2D eigenvalue weighted by Crippen LogP contribution is -2.39. The third-order valence-electron chi connectivity index (χ3n) is 4.78. The monoisotopic (exact) mass is 382 g/mol. The van der Waals surface area contributed by atoms with Crippen molar-refractivity contribution >= 4 is 11.9 Å².